The minimum Gasteiger partial charge on any atom is -0.478 e. The summed E-state index contributed by atoms with van der Waals surface area (Å²) in [6.45, 7) is 35.1. The van der Waals surface area contributed by atoms with Crippen molar-refractivity contribution < 1.29 is 56.6 Å². The summed E-state index contributed by atoms with van der Waals surface area (Å²) in [7, 11) is 0. The molecule has 0 aliphatic rings. The molecule has 0 radical (unpaired) electrons. The van der Waals surface area contributed by atoms with Crippen molar-refractivity contribution in [2.75, 3.05) is 22.1 Å². The number of carbonyl (C=O) groups is 8. The molecule has 1 amide bonds. The Morgan fingerprint density at radius 2 is 0.737 bits per heavy atom. The molecule has 0 unspecified atom stereocenters. The number of amides is 1. The number of aromatic amines is 1. The number of para-hydroxylation sites is 1. The predicted octanol–water partition coefficient (Wildman–Crippen LogP) is 22.2. The van der Waals surface area contributed by atoms with Crippen LogP contribution in [0.4, 0.5) is 41.6 Å². The van der Waals surface area contributed by atoms with Crippen molar-refractivity contribution in [3.8, 4) is 0 Å². The van der Waals surface area contributed by atoms with Gasteiger partial charge in [-0.1, -0.05) is 227 Å². The van der Waals surface area contributed by atoms with Crippen LogP contribution in [0.3, 0.4) is 0 Å². The van der Waals surface area contributed by atoms with Crippen LogP contribution < -0.4 is 39.3 Å². The first-order valence-electron chi connectivity index (χ1n) is 38.8. The van der Waals surface area contributed by atoms with Crippen LogP contribution in [-0.4, -0.2) is 67.5 Å². The number of rotatable bonds is 21. The summed E-state index contributed by atoms with van der Waals surface area (Å²) >= 11 is 10.8. The molecule has 118 heavy (non-hydrogen) atoms. The lowest BCUT2D eigenvalue weighted by Gasteiger charge is -2.10. The van der Waals surface area contributed by atoms with Crippen molar-refractivity contribution in [2.45, 2.75) is 138 Å². The van der Waals surface area contributed by atoms with Crippen molar-refractivity contribution in [2.24, 2.45) is 75.5 Å². The number of nitrogens with two attached hydrogens (primary N) is 5. The molecule has 10 aromatic rings. The average molecular weight is 1650 g/mol. The van der Waals surface area contributed by atoms with Crippen LogP contribution >= 0.6 is 23.8 Å². The first-order valence-corrected chi connectivity index (χ1v) is 39.6. The van der Waals surface area contributed by atoms with Gasteiger partial charge < -0.3 is 49.4 Å². The number of aliphatic imine (C=N–C) groups is 1. The van der Waals surface area contributed by atoms with Gasteiger partial charge in [0.15, 0.2) is 34.7 Å². The number of nitrogens with one attached hydrogen (secondary N) is 3. The molecule has 0 saturated heterocycles. The third kappa shape index (κ3) is 38.5. The number of Topliss-reactive ketones (excluding diaryl/α,β-unsaturated/α-hetero) is 6. The minimum atomic E-state index is -0.978. The van der Waals surface area contributed by atoms with E-state index in [-0.39, 0.29) is 111 Å². The number of carboxylic acid groups (broad SMARTS) is 1. The number of hydrogen-bond acceptors (Lipinski definition) is 14. The highest BCUT2D eigenvalue weighted by Crippen LogP contribution is 2.23. The molecule has 0 saturated carbocycles. The van der Waals surface area contributed by atoms with Crippen LogP contribution in [-0.2, 0) is 17.9 Å². The fourth-order valence-electron chi connectivity index (χ4n) is 9.51. The zero-order valence-electron chi connectivity index (χ0n) is 70.9. The van der Waals surface area contributed by atoms with Crippen LogP contribution in [0.1, 0.15) is 208 Å². The zero-order chi connectivity index (χ0) is 89.2. The Morgan fingerprint density at radius 1 is 0.407 bits per heavy atom. The summed E-state index contributed by atoms with van der Waals surface area (Å²) in [5.41, 5.74) is 38.4. The maximum absolute atomic E-state index is 12.5. The number of carbonyl (C=O) groups excluding carboxylic acids is 7. The van der Waals surface area contributed by atoms with Crippen LogP contribution in [0, 0.1) is 70.7 Å². The number of ketones is 6. The van der Waals surface area contributed by atoms with Gasteiger partial charge in [-0.15, -0.1) is 0 Å². The molecule has 18 nitrogen and oxygen atoms in total. The normalized spacial score (nSPS) is 10.6. The van der Waals surface area contributed by atoms with Gasteiger partial charge in [0.25, 0.3) is 0 Å². The molecular weight excluding hydrogens is 1540 g/mol. The first-order chi connectivity index (χ1) is 55.4. The van der Waals surface area contributed by atoms with Crippen LogP contribution in [0.5, 0.6) is 0 Å². The summed E-state index contributed by atoms with van der Waals surface area (Å²) in [4.78, 5) is 99.0. The predicted molar refractivity (Wildman–Crippen MR) is 482 cm³/mol. The number of thiocarbonyl (C=S) groups is 1. The van der Waals surface area contributed by atoms with E-state index >= 15 is 0 Å². The Balaban J connectivity index is 0.000000450. The standard InChI is InChI=1S/C12H13NO.2C11H15NO.C11H12O3.C10H11ClO.C10H13FN2.C10H12FNO.C10H12FNS.C10H14N2O/c1-8(2)12(14)10-7-13-11-6-4-3-5-9(10)11;2*1-8(2)11(13)10-5-3-9(7-12)4-6-10;1-7(2)10(12)8-3-5-9(6-4-8)11(13)14;1-7(2)10(12)8-3-5-9(11)6-4-8;1-7(2)10(12)13-9-5-3-8(11)4-6-9;2*1-7(2)10(13)12-9-5-3-8(11)4-6-9;1-6(2)10(13)7-3-8(11)5-9(12)4-7/h3-8,13H,1-2H3;2*3-6,8H,7,12H2,1-2H3;3-7H,1-2H3,(H,13,14);3-7H,1-2H3;3-7H,1-2H3,(H2,12,13);2*3-7H,1-2H3,(H,12,13);3-6H,11-12H2,1-2H3. The monoisotopic (exact) mass is 1650 g/mol. The smallest absolute Gasteiger partial charge is 0.335 e. The molecule has 10 rings (SSSR count). The number of hydrogen-bond donors (Lipinski definition) is 9. The van der Waals surface area contributed by atoms with Gasteiger partial charge in [0, 0.05) is 145 Å². The van der Waals surface area contributed by atoms with Crippen LogP contribution in [0.15, 0.2) is 224 Å². The number of amidine groups is 1. The highest BCUT2D eigenvalue weighted by molar-refractivity contribution is 7.80. The highest BCUT2D eigenvalue weighted by Gasteiger charge is 2.17. The Bertz CT molecular complexity index is 4690. The fraction of sp³-hybridized carbons (Fsp3) is 0.305. The molecule has 0 atom stereocenters. The third-order valence-electron chi connectivity index (χ3n) is 16.7. The molecular formula is C95H117ClF3N9O9S. The number of aromatic carboxylic acids is 1. The number of anilines is 4. The van der Waals surface area contributed by atoms with Crippen LogP contribution in [0.2, 0.25) is 5.02 Å². The first kappa shape index (κ1) is 103. The summed E-state index contributed by atoms with van der Waals surface area (Å²) in [5, 5.41) is 16.0. The topological polar surface area (TPSA) is 339 Å². The summed E-state index contributed by atoms with van der Waals surface area (Å²) in [5.74, 6) is 0.120. The number of halogens is 4. The number of nitrogens with zero attached hydrogens (tertiary/aromatic N) is 1. The number of fused-ring (bicyclic) bond motifs is 1. The summed E-state index contributed by atoms with van der Waals surface area (Å²) in [6, 6.07) is 58.5. The Morgan fingerprint density at radius 3 is 1.08 bits per heavy atom. The lowest BCUT2D eigenvalue weighted by atomic mass is 10.0. The molecule has 0 fully saturated rings. The number of carboxylic acids is 1. The number of benzene rings is 9. The molecule has 23 heteroatoms. The van der Waals surface area contributed by atoms with E-state index in [4.69, 9.17) is 57.6 Å². The van der Waals surface area contributed by atoms with Gasteiger partial charge in [0.1, 0.15) is 23.3 Å². The molecule has 0 aliphatic heterocycles. The number of H-pyrrole nitrogens is 1. The minimum absolute atomic E-state index is 0.0267. The fourth-order valence-corrected chi connectivity index (χ4v) is 9.75. The number of aromatic nitrogens is 1. The molecule has 1 heterocycles. The van der Waals surface area contributed by atoms with Gasteiger partial charge in [-0.3, -0.25) is 33.6 Å². The highest BCUT2D eigenvalue weighted by atomic mass is 35.5. The lowest BCUT2D eigenvalue weighted by Crippen LogP contribution is -2.17. The van der Waals surface area contributed by atoms with Gasteiger partial charge in [0.2, 0.25) is 5.91 Å². The van der Waals surface area contributed by atoms with Crippen molar-refractivity contribution in [3.05, 3.63) is 291 Å². The van der Waals surface area contributed by atoms with E-state index in [2.05, 4.69) is 20.6 Å². The van der Waals surface area contributed by atoms with Crippen LogP contribution in [0.25, 0.3) is 10.9 Å². The second-order valence-electron chi connectivity index (χ2n) is 29.9. The summed E-state index contributed by atoms with van der Waals surface area (Å²) < 4.78 is 37.5. The number of nitrogen functional groups attached to an aromatic ring is 2. The van der Waals surface area contributed by atoms with E-state index in [0.29, 0.717) is 63.7 Å². The maximum atomic E-state index is 12.5. The Labute approximate surface area is 704 Å². The second kappa shape index (κ2) is 52.9. The largest absolute Gasteiger partial charge is 0.478 e. The Hall–Kier alpha value is -11.6. The maximum Gasteiger partial charge on any atom is 0.335 e. The summed E-state index contributed by atoms with van der Waals surface area (Å²) in [6.07, 6.45) is 1.80. The Kier molecular flexibility index (Phi) is 46.0. The molecule has 9 aromatic carbocycles. The van der Waals surface area contributed by atoms with Crippen molar-refractivity contribution >= 4 is 121 Å². The molecule has 0 spiro atoms. The van der Waals surface area contributed by atoms with E-state index in [1.54, 1.807) is 98.9 Å². The van der Waals surface area contributed by atoms with Crippen molar-refractivity contribution in [1.82, 2.24) is 4.98 Å². The van der Waals surface area contributed by atoms with Gasteiger partial charge >= 0.3 is 5.97 Å². The van der Waals surface area contributed by atoms with E-state index in [0.717, 1.165) is 55.0 Å². The van der Waals surface area contributed by atoms with E-state index in [9.17, 15) is 51.5 Å². The molecule has 630 valence electrons. The van der Waals surface area contributed by atoms with Gasteiger partial charge in [-0.05, 0) is 145 Å². The van der Waals surface area contributed by atoms with Gasteiger partial charge in [-0.2, -0.15) is 0 Å². The molecule has 14 N–H and O–H groups in total. The SMILES string of the molecule is CC(C)C(=O)Nc1ccc(F)cc1.CC(C)C(=O)c1c[nH]c2ccccc12.CC(C)C(=O)c1cc(N)cc(N)c1.CC(C)C(=O)c1ccc(C(=O)O)cc1.CC(C)C(=O)c1ccc(CN)cc1.CC(C)C(=O)c1ccc(CN)cc1.CC(C)C(=O)c1ccc(Cl)cc1.CC(C)C(=S)Nc1ccc(F)cc1.CC(C)C(N)=Nc1ccc(F)cc1. The second-order valence-corrected chi connectivity index (χ2v) is 30.8. The van der Waals surface area contributed by atoms with E-state index in [1.165, 1.54) is 60.7 Å². The van der Waals surface area contributed by atoms with E-state index < -0.39 is 5.97 Å². The third-order valence-corrected chi connectivity index (χ3v) is 17.5. The van der Waals surface area contributed by atoms with Crippen molar-refractivity contribution in [1.29, 1.82) is 0 Å². The average Bonchev–Trinajstić information content (AvgIpc) is 1.66. The lowest BCUT2D eigenvalue weighted by molar-refractivity contribution is -0.118. The molecule has 0 bridgehead atoms. The van der Waals surface area contributed by atoms with Gasteiger partial charge in [-0.25, -0.2) is 23.0 Å². The molecule has 0 aliphatic carbocycles. The zero-order valence-corrected chi connectivity index (χ0v) is 72.4. The van der Waals surface area contributed by atoms with E-state index in [1.807, 2.05) is 184 Å². The molecule has 1 aromatic heterocycles. The van der Waals surface area contributed by atoms with Crippen molar-refractivity contribution in [3.63, 3.8) is 0 Å². The van der Waals surface area contributed by atoms with Gasteiger partial charge in [0.05, 0.1) is 16.2 Å². The quantitative estimate of drug-likeness (QED) is 0.0106.